The summed E-state index contributed by atoms with van der Waals surface area (Å²) in [6.07, 6.45) is 0. The van der Waals surface area contributed by atoms with E-state index in [9.17, 15) is 0 Å². The Morgan fingerprint density at radius 2 is 0.769 bits per heavy atom. The van der Waals surface area contributed by atoms with Crippen LogP contribution in [0.5, 0.6) is 0 Å². The van der Waals surface area contributed by atoms with Gasteiger partial charge in [0.2, 0.25) is 0 Å². The Labute approximate surface area is 101 Å². The van der Waals surface area contributed by atoms with Gasteiger partial charge >= 0.3 is 0 Å². The maximum Gasteiger partial charge on any atom is 0 e. The van der Waals surface area contributed by atoms with Crippen LogP contribution in [0.3, 0.4) is 0 Å². The van der Waals surface area contributed by atoms with Crippen LogP contribution < -0.4 is 0 Å². The SMILES string of the molecule is [CH3-].[CH3-].[Hf].[c-]1[c-][c-][cH-][c-]1.[c-]1[c-][c-][cH-][c-]1. The van der Waals surface area contributed by atoms with E-state index in [1.807, 2.05) is 0 Å². The molecule has 2 aromatic carbocycles. The fourth-order valence-corrected chi connectivity index (χ4v) is 0.361. The molecule has 2 rings (SSSR count). The maximum atomic E-state index is 2.62. The van der Waals surface area contributed by atoms with Gasteiger partial charge in [0, 0.05) is 25.8 Å². The second-order valence-electron chi connectivity index (χ2n) is 1.37. The zero-order valence-corrected chi connectivity index (χ0v) is 11.2. The second kappa shape index (κ2) is 14.1. The zero-order valence-electron chi connectivity index (χ0n) is 7.65. The molecule has 0 N–H and O–H groups in total. The molecule has 0 aliphatic rings. The van der Waals surface area contributed by atoms with Crippen molar-refractivity contribution in [3.05, 3.63) is 75.5 Å². The molecule has 0 aromatic heterocycles. The average molecular weight is 331 g/mol. The van der Waals surface area contributed by atoms with Gasteiger partial charge in [-0.15, -0.1) is 0 Å². The first-order valence-corrected chi connectivity index (χ1v) is 2.65. The Kier molecular flexibility index (Phi) is 19.9. The number of rotatable bonds is 0. The molecule has 0 fully saturated rings. The van der Waals surface area contributed by atoms with Crippen molar-refractivity contribution in [1.29, 1.82) is 0 Å². The van der Waals surface area contributed by atoms with E-state index in [1.54, 1.807) is 12.1 Å². The maximum absolute atomic E-state index is 2.62. The van der Waals surface area contributed by atoms with Gasteiger partial charge in [-0.2, -0.15) is 0 Å². The fraction of sp³-hybridized carbons (Fsp3) is 0. The molecule has 1 heteroatoms. The summed E-state index contributed by atoms with van der Waals surface area (Å²) in [4.78, 5) is 0. The molecule has 0 atom stereocenters. The summed E-state index contributed by atoms with van der Waals surface area (Å²) in [6.45, 7) is 0. The first-order chi connectivity index (χ1) is 5.00. The summed E-state index contributed by atoms with van der Waals surface area (Å²) in [5, 5.41) is 0. The van der Waals surface area contributed by atoms with E-state index in [2.05, 4.69) is 48.5 Å². The molecule has 0 radical (unpaired) electrons. The van der Waals surface area contributed by atoms with Gasteiger partial charge < -0.3 is 75.5 Å². The topological polar surface area (TPSA) is 0 Å². The molecular formula is C12H8Hf-12. The molecule has 0 nitrogen and oxygen atoms in total. The molecule has 0 bridgehead atoms. The van der Waals surface area contributed by atoms with Gasteiger partial charge in [-0.3, -0.25) is 0 Å². The van der Waals surface area contributed by atoms with Gasteiger partial charge in [0.25, 0.3) is 0 Å². The van der Waals surface area contributed by atoms with E-state index in [0.717, 1.165) is 0 Å². The van der Waals surface area contributed by atoms with E-state index in [-0.39, 0.29) is 40.7 Å². The summed E-state index contributed by atoms with van der Waals surface area (Å²) in [5.41, 5.74) is 0. The molecule has 0 spiro atoms. The second-order valence-corrected chi connectivity index (χ2v) is 1.37. The average Bonchev–Trinajstić information content (AvgIpc) is 2.67. The normalized spacial score (nSPS) is 6.15. The van der Waals surface area contributed by atoms with Crippen LogP contribution in [0.1, 0.15) is 0 Å². The van der Waals surface area contributed by atoms with E-state index in [0.29, 0.717) is 0 Å². The molecular weight excluding hydrogens is 323 g/mol. The quantitative estimate of drug-likeness (QED) is 0.513. The predicted molar refractivity (Wildman–Crippen MR) is 47.6 cm³/mol. The van der Waals surface area contributed by atoms with E-state index in [1.165, 1.54) is 0 Å². The van der Waals surface area contributed by atoms with Crippen LogP contribution in [0, 0.1) is 63.4 Å². The Morgan fingerprint density at radius 3 is 0.846 bits per heavy atom. The van der Waals surface area contributed by atoms with E-state index >= 15 is 0 Å². The molecule has 0 aliphatic carbocycles. The summed E-state index contributed by atoms with van der Waals surface area (Å²) in [6, 6.07) is 24.0. The van der Waals surface area contributed by atoms with Crippen molar-refractivity contribution in [2.75, 3.05) is 0 Å². The van der Waals surface area contributed by atoms with Crippen molar-refractivity contribution >= 4 is 0 Å². The molecule has 0 saturated carbocycles. The third-order valence-electron chi connectivity index (χ3n) is 0.702. The first kappa shape index (κ1) is 18.4. The van der Waals surface area contributed by atoms with Crippen molar-refractivity contribution in [3.63, 3.8) is 0 Å². The van der Waals surface area contributed by atoms with Crippen LogP contribution in [-0.2, 0) is 25.8 Å². The predicted octanol–water partition coefficient (Wildman–Crippen LogP) is 2.11. The molecule has 0 heterocycles. The summed E-state index contributed by atoms with van der Waals surface area (Å²) >= 11 is 0. The molecule has 72 valence electrons. The molecule has 2 aromatic rings. The Bertz CT molecular complexity index is 144. The molecule has 0 amide bonds. The standard InChI is InChI=1S/2C5H.2CH3.Hf/c2*1-2-4-5-3-1;;;/h2*1H;2*1H3;/q2*-5;2*-1;. The van der Waals surface area contributed by atoms with Gasteiger partial charge in [0.15, 0.2) is 0 Å². The first-order valence-electron chi connectivity index (χ1n) is 2.65. The van der Waals surface area contributed by atoms with Crippen molar-refractivity contribution in [1.82, 2.24) is 0 Å². The van der Waals surface area contributed by atoms with Crippen LogP contribution in [0.4, 0.5) is 0 Å². The van der Waals surface area contributed by atoms with Crippen LogP contribution >= 0.6 is 0 Å². The van der Waals surface area contributed by atoms with Gasteiger partial charge in [-0.05, 0) is 0 Å². The van der Waals surface area contributed by atoms with Gasteiger partial charge in [-0.1, -0.05) is 0 Å². The van der Waals surface area contributed by atoms with Crippen molar-refractivity contribution in [2.24, 2.45) is 0 Å². The number of hydrogen-bond donors (Lipinski definition) is 0. The Morgan fingerprint density at radius 1 is 0.538 bits per heavy atom. The zero-order chi connectivity index (χ0) is 7.07. The van der Waals surface area contributed by atoms with Crippen molar-refractivity contribution in [3.8, 4) is 0 Å². The third kappa shape index (κ3) is 11.6. The fourth-order valence-electron chi connectivity index (χ4n) is 0.361. The Balaban J connectivity index is -0.000000125. The molecule has 0 saturated heterocycles. The largest absolute Gasteiger partial charge is 0.999 e. The van der Waals surface area contributed by atoms with Gasteiger partial charge in [0.05, 0.1) is 0 Å². The minimum atomic E-state index is 0. The number of hydrogen-bond acceptors (Lipinski definition) is 0. The van der Waals surface area contributed by atoms with Gasteiger partial charge in [-0.25, -0.2) is 0 Å². The van der Waals surface area contributed by atoms with Crippen LogP contribution in [0.15, 0.2) is 12.1 Å². The van der Waals surface area contributed by atoms with E-state index < -0.39 is 0 Å². The van der Waals surface area contributed by atoms with Crippen molar-refractivity contribution in [2.45, 2.75) is 0 Å². The van der Waals surface area contributed by atoms with Crippen LogP contribution in [-0.4, -0.2) is 0 Å². The molecule has 0 aliphatic heterocycles. The third-order valence-corrected chi connectivity index (χ3v) is 0.702. The summed E-state index contributed by atoms with van der Waals surface area (Å²) in [5.74, 6) is 0. The minimum Gasteiger partial charge on any atom is -0.999 e. The Hall–Kier alpha value is -0.430. The molecule has 13 heavy (non-hydrogen) atoms. The van der Waals surface area contributed by atoms with Crippen LogP contribution in [0.25, 0.3) is 0 Å². The summed E-state index contributed by atoms with van der Waals surface area (Å²) < 4.78 is 0. The van der Waals surface area contributed by atoms with E-state index in [4.69, 9.17) is 0 Å². The van der Waals surface area contributed by atoms with Crippen molar-refractivity contribution < 1.29 is 25.8 Å². The van der Waals surface area contributed by atoms with Crippen LogP contribution in [0.2, 0.25) is 0 Å². The van der Waals surface area contributed by atoms with Gasteiger partial charge in [0.1, 0.15) is 0 Å². The smallest absolute Gasteiger partial charge is 0 e. The minimum absolute atomic E-state index is 0. The summed E-state index contributed by atoms with van der Waals surface area (Å²) in [7, 11) is 0. The monoisotopic (exact) mass is 332 g/mol. The molecule has 0 unspecified atom stereocenters.